The number of nitrogens with zero attached hydrogens (tertiary/aromatic N) is 2. The van der Waals surface area contributed by atoms with Crippen LogP contribution in [0.2, 0.25) is 0 Å². The molecule has 0 N–H and O–H groups in total. The van der Waals surface area contributed by atoms with Crippen LogP contribution in [0.5, 0.6) is 0 Å². The molecule has 1 fully saturated rings. The van der Waals surface area contributed by atoms with Crippen LogP contribution in [0.1, 0.15) is 50.7 Å². The molecule has 1 aliphatic heterocycles. The van der Waals surface area contributed by atoms with Gasteiger partial charge >= 0.3 is 0 Å². The van der Waals surface area contributed by atoms with E-state index in [1.807, 2.05) is 0 Å². The van der Waals surface area contributed by atoms with Crippen molar-refractivity contribution in [1.29, 1.82) is 0 Å². The van der Waals surface area contributed by atoms with Crippen LogP contribution < -0.4 is 4.90 Å². The molecular weight excluding hydrogens is 220 g/mol. The van der Waals surface area contributed by atoms with E-state index in [0.29, 0.717) is 11.8 Å². The van der Waals surface area contributed by atoms with Gasteiger partial charge in [-0.15, -0.1) is 0 Å². The van der Waals surface area contributed by atoms with Crippen molar-refractivity contribution >= 4 is 5.69 Å². The van der Waals surface area contributed by atoms with E-state index in [9.17, 15) is 0 Å². The van der Waals surface area contributed by atoms with Gasteiger partial charge in [-0.3, -0.25) is 4.90 Å². The predicted octanol–water partition coefficient (Wildman–Crippen LogP) is 3.64. The van der Waals surface area contributed by atoms with Crippen LogP contribution in [-0.2, 0) is 0 Å². The van der Waals surface area contributed by atoms with Crippen molar-refractivity contribution in [2.24, 2.45) is 0 Å². The third-order valence-electron chi connectivity index (χ3n) is 3.82. The molecule has 0 aliphatic carbocycles. The Morgan fingerprint density at radius 2 is 1.50 bits per heavy atom. The van der Waals surface area contributed by atoms with Crippen LogP contribution in [0.3, 0.4) is 0 Å². The summed E-state index contributed by atoms with van der Waals surface area (Å²) >= 11 is 0. The highest BCUT2D eigenvalue weighted by molar-refractivity contribution is 5.62. The minimum absolute atomic E-state index is 0.588. The first kappa shape index (κ1) is 13.4. The molecule has 0 spiro atoms. The molecule has 1 aromatic carbocycles. The second-order valence-corrected chi connectivity index (χ2v) is 6.08. The topological polar surface area (TPSA) is 6.48 Å². The number of likely N-dealkylation sites (N-methyl/N-ethyl adjacent to an activating group) is 1. The van der Waals surface area contributed by atoms with Crippen molar-refractivity contribution in [2.75, 3.05) is 31.7 Å². The Morgan fingerprint density at radius 3 is 1.89 bits per heavy atom. The first-order valence-corrected chi connectivity index (χ1v) is 7.07. The van der Waals surface area contributed by atoms with E-state index in [1.54, 1.807) is 0 Å². The van der Waals surface area contributed by atoms with E-state index in [0.717, 1.165) is 13.2 Å². The lowest BCUT2D eigenvalue weighted by molar-refractivity contribution is 0.420. The zero-order valence-electron chi connectivity index (χ0n) is 12.4. The minimum atomic E-state index is 0.588. The number of rotatable bonds is 3. The average Bonchev–Trinajstić information content (AvgIpc) is 2.74. The van der Waals surface area contributed by atoms with Crippen molar-refractivity contribution < 1.29 is 0 Å². The number of para-hydroxylation sites is 1. The third kappa shape index (κ3) is 2.54. The Labute approximate surface area is 112 Å². The minimum Gasteiger partial charge on any atom is -0.357 e. The highest BCUT2D eigenvalue weighted by Crippen LogP contribution is 2.36. The Hall–Kier alpha value is -1.02. The molecule has 0 atom stereocenters. The summed E-state index contributed by atoms with van der Waals surface area (Å²) in [7, 11) is 2.20. The second kappa shape index (κ2) is 5.31. The van der Waals surface area contributed by atoms with E-state index in [2.05, 4.69) is 62.7 Å². The first-order valence-electron chi connectivity index (χ1n) is 7.07. The Kier molecular flexibility index (Phi) is 3.96. The molecule has 100 valence electrons. The summed E-state index contributed by atoms with van der Waals surface area (Å²) in [5.41, 5.74) is 4.49. The van der Waals surface area contributed by atoms with Gasteiger partial charge in [-0.1, -0.05) is 45.9 Å². The maximum absolute atomic E-state index is 2.55. The molecule has 2 rings (SSSR count). The Bertz CT molecular complexity index is 383. The molecule has 1 aromatic rings. The van der Waals surface area contributed by atoms with E-state index < -0.39 is 0 Å². The molecule has 2 nitrogen and oxygen atoms in total. The molecule has 0 aromatic heterocycles. The summed E-state index contributed by atoms with van der Waals surface area (Å²) in [6, 6.07) is 6.81. The lowest BCUT2D eigenvalue weighted by Crippen LogP contribution is -2.25. The van der Waals surface area contributed by atoms with Crippen molar-refractivity contribution in [3.05, 3.63) is 29.3 Å². The molecule has 18 heavy (non-hydrogen) atoms. The fourth-order valence-electron chi connectivity index (χ4n) is 2.78. The van der Waals surface area contributed by atoms with Gasteiger partial charge in [-0.2, -0.15) is 0 Å². The van der Waals surface area contributed by atoms with Crippen molar-refractivity contribution in [3.8, 4) is 0 Å². The monoisotopic (exact) mass is 246 g/mol. The summed E-state index contributed by atoms with van der Waals surface area (Å²) in [5, 5.41) is 0. The number of hydrogen-bond donors (Lipinski definition) is 0. The normalized spacial score (nSPS) is 17.2. The smallest absolute Gasteiger partial charge is 0.0706 e. The van der Waals surface area contributed by atoms with Crippen molar-refractivity contribution in [1.82, 2.24) is 4.90 Å². The zero-order valence-corrected chi connectivity index (χ0v) is 12.4. The van der Waals surface area contributed by atoms with Crippen LogP contribution >= 0.6 is 0 Å². The second-order valence-electron chi connectivity index (χ2n) is 6.08. The van der Waals surface area contributed by atoms with Crippen LogP contribution in [0.15, 0.2) is 18.2 Å². The maximum Gasteiger partial charge on any atom is 0.0706 e. The van der Waals surface area contributed by atoms with E-state index >= 15 is 0 Å². The average molecular weight is 246 g/mol. The number of anilines is 1. The summed E-state index contributed by atoms with van der Waals surface area (Å²) in [5.74, 6) is 1.18. The lowest BCUT2D eigenvalue weighted by atomic mass is 9.92. The summed E-state index contributed by atoms with van der Waals surface area (Å²) in [6.45, 7) is 12.6. The third-order valence-corrected chi connectivity index (χ3v) is 3.82. The van der Waals surface area contributed by atoms with Gasteiger partial charge in [0.15, 0.2) is 0 Å². The predicted molar refractivity (Wildman–Crippen MR) is 79.5 cm³/mol. The molecule has 1 heterocycles. The van der Waals surface area contributed by atoms with Gasteiger partial charge in [0.25, 0.3) is 0 Å². The van der Waals surface area contributed by atoms with Gasteiger partial charge in [0.2, 0.25) is 0 Å². The molecular formula is C16H26N2. The zero-order chi connectivity index (χ0) is 13.3. The maximum atomic E-state index is 2.55. The van der Waals surface area contributed by atoms with Gasteiger partial charge in [0, 0.05) is 18.8 Å². The standard InChI is InChI=1S/C16H26N2/c1-12(2)14-7-6-8-15(13(3)4)16(14)18-10-9-17(5)11-18/h6-8,12-13H,9-11H2,1-5H3. The van der Waals surface area contributed by atoms with Gasteiger partial charge in [-0.25, -0.2) is 0 Å². The van der Waals surface area contributed by atoms with Crippen LogP contribution in [-0.4, -0.2) is 31.7 Å². The number of benzene rings is 1. The Balaban J connectivity index is 2.46. The molecule has 1 saturated heterocycles. The highest BCUT2D eigenvalue weighted by atomic mass is 15.4. The fraction of sp³-hybridized carbons (Fsp3) is 0.625. The van der Waals surface area contributed by atoms with E-state index in [1.165, 1.54) is 23.4 Å². The van der Waals surface area contributed by atoms with E-state index in [4.69, 9.17) is 0 Å². The van der Waals surface area contributed by atoms with E-state index in [-0.39, 0.29) is 0 Å². The highest BCUT2D eigenvalue weighted by Gasteiger charge is 2.23. The fourth-order valence-corrected chi connectivity index (χ4v) is 2.78. The van der Waals surface area contributed by atoms with Crippen molar-refractivity contribution in [2.45, 2.75) is 39.5 Å². The summed E-state index contributed by atoms with van der Waals surface area (Å²) < 4.78 is 0. The summed E-state index contributed by atoms with van der Waals surface area (Å²) in [6.07, 6.45) is 0. The summed E-state index contributed by atoms with van der Waals surface area (Å²) in [4.78, 5) is 4.94. The van der Waals surface area contributed by atoms with Crippen LogP contribution in [0.4, 0.5) is 5.69 Å². The molecule has 1 aliphatic rings. The largest absolute Gasteiger partial charge is 0.357 e. The van der Waals surface area contributed by atoms with Crippen LogP contribution in [0.25, 0.3) is 0 Å². The molecule has 0 bridgehead atoms. The molecule has 0 unspecified atom stereocenters. The number of hydrogen-bond acceptors (Lipinski definition) is 2. The molecule has 2 heteroatoms. The molecule has 0 saturated carbocycles. The van der Waals surface area contributed by atoms with Gasteiger partial charge in [0.05, 0.1) is 6.67 Å². The first-order chi connectivity index (χ1) is 8.50. The van der Waals surface area contributed by atoms with Gasteiger partial charge in [0.1, 0.15) is 0 Å². The molecule has 0 radical (unpaired) electrons. The van der Waals surface area contributed by atoms with Gasteiger partial charge < -0.3 is 4.90 Å². The molecule has 0 amide bonds. The van der Waals surface area contributed by atoms with Crippen molar-refractivity contribution in [3.63, 3.8) is 0 Å². The lowest BCUT2D eigenvalue weighted by Gasteiger charge is -2.28. The van der Waals surface area contributed by atoms with Gasteiger partial charge in [-0.05, 0) is 30.0 Å². The Morgan fingerprint density at radius 1 is 0.944 bits per heavy atom. The quantitative estimate of drug-likeness (QED) is 0.803. The van der Waals surface area contributed by atoms with Crippen LogP contribution in [0, 0.1) is 0 Å². The SMILES string of the molecule is CC(C)c1cccc(C(C)C)c1N1CCN(C)C1.